The molecule has 0 bridgehead atoms. The van der Waals surface area contributed by atoms with Gasteiger partial charge in [0.15, 0.2) is 17.9 Å². The fraction of sp³-hybridized carbons (Fsp3) is 0.389. The molecule has 0 spiro atoms. The molecule has 0 saturated carbocycles. The number of fused-ring (bicyclic) bond motifs is 1. The van der Waals surface area contributed by atoms with Gasteiger partial charge in [-0.15, -0.1) is 0 Å². The summed E-state index contributed by atoms with van der Waals surface area (Å²) in [6, 6.07) is 10.4. The van der Waals surface area contributed by atoms with Crippen LogP contribution in [0.15, 0.2) is 47.4 Å². The normalized spacial score (nSPS) is 29.1. The Balaban J connectivity index is 1.48. The number of nitrogen functional groups attached to an aromatic ring is 1. The second-order valence-corrected chi connectivity index (χ2v) is 8.90. The summed E-state index contributed by atoms with van der Waals surface area (Å²) in [5.41, 5.74) is 4.21. The first-order valence-corrected chi connectivity index (χ1v) is 10.9. The van der Waals surface area contributed by atoms with Crippen molar-refractivity contribution in [3.05, 3.63) is 58.6 Å². The Bertz CT molecular complexity index is 1080. The molecular weight excluding hydrogens is 431 g/mol. The van der Waals surface area contributed by atoms with Crippen LogP contribution in [0.5, 0.6) is 0 Å². The molecule has 166 valence electrons. The van der Waals surface area contributed by atoms with Crippen LogP contribution in [-0.2, 0) is 29.8 Å². The first-order valence-electron chi connectivity index (χ1n) is 9.34. The van der Waals surface area contributed by atoms with Crippen LogP contribution in [-0.4, -0.2) is 45.0 Å². The molecule has 13 heteroatoms. The summed E-state index contributed by atoms with van der Waals surface area (Å²) in [6.07, 6.45) is -2.66. The summed E-state index contributed by atoms with van der Waals surface area (Å²) in [5, 5.41) is 2.45. The van der Waals surface area contributed by atoms with E-state index >= 15 is 0 Å². The maximum atomic E-state index is 12.4. The lowest BCUT2D eigenvalue weighted by atomic mass is 9.96. The Hall–Kier alpha value is -2.76. The maximum Gasteiger partial charge on any atom is 0.509 e. The van der Waals surface area contributed by atoms with Gasteiger partial charge in [-0.2, -0.15) is 4.98 Å². The third-order valence-corrected chi connectivity index (χ3v) is 6.12. The molecule has 1 aromatic heterocycles. The summed E-state index contributed by atoms with van der Waals surface area (Å²) in [4.78, 5) is 37.8. The average molecular weight is 452 g/mol. The number of nitrogens with one attached hydrogen (secondary N) is 1. The number of nitrogens with zero attached hydrogens (tertiary/aromatic N) is 2. The molecule has 12 nitrogen and oxygen atoms in total. The van der Waals surface area contributed by atoms with Crippen LogP contribution in [0.4, 0.5) is 10.6 Å². The standard InChI is InChI=1S/C18H21N4O8P/c1-18-14(29-17(24)30-18)12(28-15(18)22-8-7-13(19)21-16(22)23)10-27-31(25,26)20-9-11-5-3-2-4-6-11/h2-8,12,14-15H,9-10H2,1H3,(H2,19,21,23)(H2,20,25,26)/t12?,14-,15-,18-/m1/s1. The van der Waals surface area contributed by atoms with E-state index in [0.717, 1.165) is 10.1 Å². The number of hydrogen-bond acceptors (Lipinski definition) is 9. The molecule has 5 atom stereocenters. The van der Waals surface area contributed by atoms with Crippen LogP contribution >= 0.6 is 7.75 Å². The quantitative estimate of drug-likeness (QED) is 0.404. The first-order chi connectivity index (χ1) is 14.7. The topological polar surface area (TPSA) is 164 Å². The monoisotopic (exact) mass is 452 g/mol. The minimum absolute atomic E-state index is 0.0196. The molecule has 2 aliphatic rings. The Morgan fingerprint density at radius 1 is 1.32 bits per heavy atom. The van der Waals surface area contributed by atoms with E-state index in [2.05, 4.69) is 10.1 Å². The maximum absolute atomic E-state index is 12.4. The molecule has 31 heavy (non-hydrogen) atoms. The average Bonchev–Trinajstić information content (AvgIpc) is 3.16. The van der Waals surface area contributed by atoms with E-state index in [0.29, 0.717) is 0 Å². The Morgan fingerprint density at radius 2 is 2.06 bits per heavy atom. The largest absolute Gasteiger partial charge is 0.509 e. The minimum atomic E-state index is -4.20. The first kappa shape index (κ1) is 21.5. The van der Waals surface area contributed by atoms with Gasteiger partial charge in [-0.1, -0.05) is 30.3 Å². The third-order valence-electron chi connectivity index (χ3n) is 5.07. The van der Waals surface area contributed by atoms with Crippen molar-refractivity contribution in [3.63, 3.8) is 0 Å². The van der Waals surface area contributed by atoms with E-state index in [9.17, 15) is 19.0 Å². The van der Waals surface area contributed by atoms with Crippen molar-refractivity contribution in [1.29, 1.82) is 0 Å². The number of carbonyl (C=O) groups excluding carboxylic acids is 1. The fourth-order valence-electron chi connectivity index (χ4n) is 3.57. The SMILES string of the molecule is C[C@@]12OC(=O)O[C@@H]1C(COP(=O)(O)NCc1ccccc1)O[C@H]2n1ccc(N)nc1=O. The molecule has 2 saturated heterocycles. The number of nitrogens with two attached hydrogens (primary N) is 1. The van der Waals surface area contributed by atoms with Crippen LogP contribution in [0.3, 0.4) is 0 Å². The van der Waals surface area contributed by atoms with E-state index in [4.69, 9.17) is 24.5 Å². The number of ether oxygens (including phenoxy) is 3. The van der Waals surface area contributed by atoms with Gasteiger partial charge >= 0.3 is 19.6 Å². The summed E-state index contributed by atoms with van der Waals surface area (Å²) < 4.78 is 35.0. The number of carbonyl (C=O) groups is 1. The van der Waals surface area contributed by atoms with Crippen LogP contribution in [0.1, 0.15) is 18.7 Å². The van der Waals surface area contributed by atoms with Crippen molar-refractivity contribution >= 4 is 19.7 Å². The zero-order chi connectivity index (χ0) is 22.2. The van der Waals surface area contributed by atoms with Gasteiger partial charge in [-0.05, 0) is 18.6 Å². The van der Waals surface area contributed by atoms with Gasteiger partial charge < -0.3 is 24.8 Å². The molecule has 2 aromatic rings. The van der Waals surface area contributed by atoms with Crippen LogP contribution in [0.2, 0.25) is 0 Å². The van der Waals surface area contributed by atoms with E-state index in [1.807, 2.05) is 6.07 Å². The van der Waals surface area contributed by atoms with Crippen molar-refractivity contribution in [3.8, 4) is 0 Å². The van der Waals surface area contributed by atoms with Gasteiger partial charge in [-0.3, -0.25) is 9.09 Å². The predicted molar refractivity (Wildman–Crippen MR) is 106 cm³/mol. The summed E-state index contributed by atoms with van der Waals surface area (Å²) in [5.74, 6) is 0.0196. The van der Waals surface area contributed by atoms with E-state index < -0.39 is 50.2 Å². The summed E-state index contributed by atoms with van der Waals surface area (Å²) in [7, 11) is -4.20. The third kappa shape index (κ3) is 4.34. The molecule has 3 heterocycles. The molecule has 1 aromatic carbocycles. The lowest BCUT2D eigenvalue weighted by Crippen LogP contribution is -2.44. The highest BCUT2D eigenvalue weighted by molar-refractivity contribution is 7.50. The molecule has 0 radical (unpaired) electrons. The molecule has 2 aliphatic heterocycles. The highest BCUT2D eigenvalue weighted by Gasteiger charge is 2.64. The molecule has 2 fully saturated rings. The van der Waals surface area contributed by atoms with Gasteiger partial charge in [0.1, 0.15) is 11.9 Å². The van der Waals surface area contributed by atoms with E-state index in [1.54, 1.807) is 24.3 Å². The highest BCUT2D eigenvalue weighted by atomic mass is 31.2. The zero-order valence-electron chi connectivity index (χ0n) is 16.4. The molecule has 4 rings (SSSR count). The molecule has 2 unspecified atom stereocenters. The van der Waals surface area contributed by atoms with Crippen LogP contribution in [0, 0.1) is 0 Å². The second kappa shape index (κ2) is 8.06. The van der Waals surface area contributed by atoms with Crippen LogP contribution in [0.25, 0.3) is 0 Å². The Morgan fingerprint density at radius 3 is 2.77 bits per heavy atom. The smallest absolute Gasteiger partial charge is 0.424 e. The second-order valence-electron chi connectivity index (χ2n) is 7.28. The van der Waals surface area contributed by atoms with Gasteiger partial charge in [0.25, 0.3) is 0 Å². The molecular formula is C18H21N4O8P. The van der Waals surface area contributed by atoms with Crippen molar-refractivity contribution in [1.82, 2.24) is 14.6 Å². The minimum Gasteiger partial charge on any atom is -0.424 e. The van der Waals surface area contributed by atoms with E-state index in [1.165, 1.54) is 19.2 Å². The predicted octanol–water partition coefficient (Wildman–Crippen LogP) is 0.924. The lowest BCUT2D eigenvalue weighted by Gasteiger charge is -2.26. The fourth-order valence-corrected chi connectivity index (χ4v) is 4.39. The zero-order valence-corrected chi connectivity index (χ0v) is 17.3. The molecule has 4 N–H and O–H groups in total. The Labute approximate surface area is 176 Å². The molecule has 0 aliphatic carbocycles. The van der Waals surface area contributed by atoms with E-state index in [-0.39, 0.29) is 12.4 Å². The lowest BCUT2D eigenvalue weighted by molar-refractivity contribution is -0.0930. The van der Waals surface area contributed by atoms with Crippen molar-refractivity contribution in [2.45, 2.75) is 37.5 Å². The van der Waals surface area contributed by atoms with Crippen molar-refractivity contribution < 1.29 is 33.0 Å². The van der Waals surface area contributed by atoms with Gasteiger partial charge in [0, 0.05) is 12.7 Å². The van der Waals surface area contributed by atoms with Gasteiger partial charge in [-0.25, -0.2) is 19.2 Å². The summed E-state index contributed by atoms with van der Waals surface area (Å²) >= 11 is 0. The van der Waals surface area contributed by atoms with Gasteiger partial charge in [0.05, 0.1) is 6.61 Å². The summed E-state index contributed by atoms with van der Waals surface area (Å²) in [6.45, 7) is 1.23. The molecule has 0 amide bonds. The number of hydrogen-bond donors (Lipinski definition) is 3. The number of rotatable bonds is 7. The number of benzene rings is 1. The number of anilines is 1. The van der Waals surface area contributed by atoms with Crippen molar-refractivity contribution in [2.24, 2.45) is 0 Å². The number of aromatic nitrogens is 2. The van der Waals surface area contributed by atoms with Gasteiger partial charge in [0.2, 0.25) is 0 Å². The van der Waals surface area contributed by atoms with Crippen LogP contribution < -0.4 is 16.5 Å². The highest BCUT2D eigenvalue weighted by Crippen LogP contribution is 2.47. The van der Waals surface area contributed by atoms with Crippen molar-refractivity contribution in [2.75, 3.05) is 12.3 Å². The Kier molecular flexibility index (Phi) is 5.58.